The maximum Gasteiger partial charge on any atom is 0.0535 e. The maximum atomic E-state index is 3.96. The molecule has 0 radical (unpaired) electrons. The molecular weight excluding hydrogens is 522 g/mol. The molecule has 6 aromatic rings. The number of hydrogen-bond donors (Lipinski definition) is 2. The normalized spacial score (nSPS) is 16.4. The van der Waals surface area contributed by atoms with E-state index in [1.54, 1.807) is 0 Å². The zero-order chi connectivity index (χ0) is 26.5. The van der Waals surface area contributed by atoms with E-state index < -0.39 is 16.1 Å². The molecule has 0 saturated carbocycles. The predicted octanol–water partition coefficient (Wildman–Crippen LogP) is 8.23. The first-order valence-electron chi connectivity index (χ1n) is 13.6. The molecule has 2 aliphatic rings. The SMILES string of the molecule is c1ccc2c(c1)NP(c1ccccc1-c1ccccc1P1Nc3ccccc3-c3ccccc31)c1ccccc1-2. The average molecular weight is 549 g/mol. The van der Waals surface area contributed by atoms with E-state index in [-0.39, 0.29) is 0 Å². The van der Waals surface area contributed by atoms with E-state index in [2.05, 4.69) is 156 Å². The van der Waals surface area contributed by atoms with Gasteiger partial charge in [0.1, 0.15) is 0 Å². The monoisotopic (exact) mass is 548 g/mol. The fourth-order valence-electron chi connectivity index (χ4n) is 5.96. The Kier molecular flexibility index (Phi) is 5.77. The highest BCUT2D eigenvalue weighted by molar-refractivity contribution is 7.75. The van der Waals surface area contributed by atoms with Gasteiger partial charge in [-0.3, -0.25) is 0 Å². The minimum absolute atomic E-state index is 0.802. The van der Waals surface area contributed by atoms with Gasteiger partial charge in [0.15, 0.2) is 0 Å². The summed E-state index contributed by atoms with van der Waals surface area (Å²) in [4.78, 5) is 0. The van der Waals surface area contributed by atoms with E-state index in [1.165, 1.54) is 66.0 Å². The van der Waals surface area contributed by atoms with Crippen molar-refractivity contribution < 1.29 is 0 Å². The van der Waals surface area contributed by atoms with Crippen molar-refractivity contribution in [2.45, 2.75) is 0 Å². The van der Waals surface area contributed by atoms with Gasteiger partial charge in [0, 0.05) is 43.7 Å². The Bertz CT molecular complexity index is 1760. The number of rotatable bonds is 3. The first-order chi connectivity index (χ1) is 19.9. The molecule has 2 N–H and O–H groups in total. The molecule has 0 saturated heterocycles. The Morgan fingerprint density at radius 2 is 0.525 bits per heavy atom. The second-order valence-corrected chi connectivity index (χ2v) is 13.8. The molecule has 0 bridgehead atoms. The molecule has 0 aliphatic carbocycles. The number of benzene rings is 6. The van der Waals surface area contributed by atoms with Crippen molar-refractivity contribution in [1.82, 2.24) is 0 Å². The van der Waals surface area contributed by atoms with Crippen LogP contribution in [0.5, 0.6) is 0 Å². The van der Waals surface area contributed by atoms with Gasteiger partial charge in [-0.25, -0.2) is 0 Å². The van der Waals surface area contributed by atoms with Gasteiger partial charge in [-0.05, 0) is 34.4 Å². The Morgan fingerprint density at radius 3 is 0.875 bits per heavy atom. The lowest BCUT2D eigenvalue weighted by Gasteiger charge is -2.33. The second-order valence-electron chi connectivity index (χ2n) is 10.1. The van der Waals surface area contributed by atoms with Crippen molar-refractivity contribution in [3.05, 3.63) is 146 Å². The quantitative estimate of drug-likeness (QED) is 0.218. The smallest absolute Gasteiger partial charge is 0.0535 e. The summed E-state index contributed by atoms with van der Waals surface area (Å²) in [6.07, 6.45) is 0. The van der Waals surface area contributed by atoms with Crippen LogP contribution in [0.1, 0.15) is 0 Å². The molecule has 8 rings (SSSR count). The highest BCUT2D eigenvalue weighted by atomic mass is 31.1. The van der Waals surface area contributed by atoms with Crippen LogP contribution in [0.15, 0.2) is 146 Å². The Morgan fingerprint density at radius 1 is 0.275 bits per heavy atom. The van der Waals surface area contributed by atoms with Crippen molar-refractivity contribution in [1.29, 1.82) is 0 Å². The predicted molar refractivity (Wildman–Crippen MR) is 175 cm³/mol. The molecule has 0 spiro atoms. The third-order valence-electron chi connectivity index (χ3n) is 7.77. The van der Waals surface area contributed by atoms with Crippen molar-refractivity contribution in [3.8, 4) is 33.4 Å². The van der Waals surface area contributed by atoms with Gasteiger partial charge >= 0.3 is 0 Å². The van der Waals surface area contributed by atoms with E-state index in [9.17, 15) is 0 Å². The third-order valence-corrected chi connectivity index (χ3v) is 12.2. The van der Waals surface area contributed by atoms with Crippen LogP contribution in [0.4, 0.5) is 11.4 Å². The molecule has 190 valence electrons. The fourth-order valence-corrected chi connectivity index (χ4v) is 10.5. The van der Waals surface area contributed by atoms with Crippen LogP contribution in [-0.4, -0.2) is 0 Å². The number of fused-ring (bicyclic) bond motifs is 6. The Labute approximate surface area is 237 Å². The van der Waals surface area contributed by atoms with Crippen LogP contribution < -0.4 is 31.4 Å². The number of para-hydroxylation sites is 2. The van der Waals surface area contributed by atoms with Crippen LogP contribution in [0.3, 0.4) is 0 Å². The Balaban J connectivity index is 1.30. The average Bonchev–Trinajstić information content (AvgIpc) is 3.04. The highest BCUT2D eigenvalue weighted by Crippen LogP contribution is 2.50. The van der Waals surface area contributed by atoms with Gasteiger partial charge in [-0.1, -0.05) is 133 Å². The van der Waals surface area contributed by atoms with E-state index in [0.29, 0.717) is 0 Å². The molecule has 4 heteroatoms. The minimum Gasteiger partial charge on any atom is -0.356 e. The molecular formula is C36H26N2P2. The summed E-state index contributed by atoms with van der Waals surface area (Å²) >= 11 is 0. The molecule has 0 amide bonds. The molecule has 2 atom stereocenters. The molecule has 40 heavy (non-hydrogen) atoms. The van der Waals surface area contributed by atoms with E-state index >= 15 is 0 Å². The van der Waals surface area contributed by atoms with Gasteiger partial charge in [0.25, 0.3) is 0 Å². The largest absolute Gasteiger partial charge is 0.356 e. The molecule has 2 heterocycles. The molecule has 2 unspecified atom stereocenters. The van der Waals surface area contributed by atoms with Crippen molar-refractivity contribution in [2.75, 3.05) is 10.2 Å². The molecule has 2 aliphatic heterocycles. The molecule has 0 aromatic heterocycles. The first kappa shape index (κ1) is 23.6. The Hall–Kier alpha value is -4.22. The lowest BCUT2D eigenvalue weighted by Crippen LogP contribution is -2.27. The van der Waals surface area contributed by atoms with Crippen LogP contribution in [-0.2, 0) is 0 Å². The molecule has 2 nitrogen and oxygen atoms in total. The number of anilines is 2. The van der Waals surface area contributed by atoms with Crippen molar-refractivity contribution >= 4 is 48.7 Å². The zero-order valence-electron chi connectivity index (χ0n) is 21.8. The van der Waals surface area contributed by atoms with Crippen molar-refractivity contribution in [2.24, 2.45) is 0 Å². The molecule has 6 aromatic carbocycles. The summed E-state index contributed by atoms with van der Waals surface area (Å²) in [5.74, 6) is 0. The van der Waals surface area contributed by atoms with Crippen LogP contribution >= 0.6 is 16.1 Å². The summed E-state index contributed by atoms with van der Waals surface area (Å²) < 4.78 is 0. The van der Waals surface area contributed by atoms with Gasteiger partial charge in [-0.15, -0.1) is 0 Å². The number of hydrogen-bond acceptors (Lipinski definition) is 2. The maximum absolute atomic E-state index is 3.96. The lowest BCUT2D eigenvalue weighted by atomic mass is 10.0. The summed E-state index contributed by atoms with van der Waals surface area (Å²) in [5, 5.41) is 13.4. The summed E-state index contributed by atoms with van der Waals surface area (Å²) in [5.41, 5.74) is 10.2. The fraction of sp³-hybridized carbons (Fsp3) is 0. The zero-order valence-corrected chi connectivity index (χ0v) is 23.5. The molecule has 0 fully saturated rings. The van der Waals surface area contributed by atoms with Crippen LogP contribution in [0.25, 0.3) is 33.4 Å². The van der Waals surface area contributed by atoms with E-state index in [0.717, 1.165) is 0 Å². The van der Waals surface area contributed by atoms with Gasteiger partial charge in [0.05, 0.1) is 16.1 Å². The van der Waals surface area contributed by atoms with Crippen LogP contribution in [0, 0.1) is 0 Å². The third kappa shape index (κ3) is 3.80. The summed E-state index contributed by atoms with van der Waals surface area (Å²) in [7, 11) is -1.60. The van der Waals surface area contributed by atoms with Gasteiger partial charge in [-0.2, -0.15) is 0 Å². The van der Waals surface area contributed by atoms with Gasteiger partial charge < -0.3 is 10.2 Å². The summed E-state index contributed by atoms with van der Waals surface area (Å²) in [6, 6.07) is 53.1. The number of nitrogens with one attached hydrogen (secondary N) is 2. The van der Waals surface area contributed by atoms with Crippen molar-refractivity contribution in [3.63, 3.8) is 0 Å². The first-order valence-corrected chi connectivity index (χ1v) is 16.2. The van der Waals surface area contributed by atoms with Gasteiger partial charge in [0.2, 0.25) is 0 Å². The summed E-state index contributed by atoms with van der Waals surface area (Å²) in [6.45, 7) is 0. The topological polar surface area (TPSA) is 24.1 Å². The standard InChI is InChI=1S/C36H26N2P2/c1-7-19-31-25(13-1)27-15-3-9-21-33(27)39(37-31)35-23-11-5-17-29(35)30-18-6-12-24-36(30)40-34-22-10-4-16-28(34)26-14-2-8-20-32(26)38-40/h1-24,37-38H. The highest BCUT2D eigenvalue weighted by Gasteiger charge is 2.30. The van der Waals surface area contributed by atoms with Crippen LogP contribution in [0.2, 0.25) is 0 Å². The van der Waals surface area contributed by atoms with E-state index in [1.807, 2.05) is 0 Å². The second kappa shape index (κ2) is 9.76. The minimum atomic E-state index is -0.802. The van der Waals surface area contributed by atoms with E-state index in [4.69, 9.17) is 0 Å². The lowest BCUT2D eigenvalue weighted by molar-refractivity contribution is 1.59.